The molecule has 3 aromatic rings. The van der Waals surface area contributed by atoms with E-state index >= 15 is 0 Å². The van der Waals surface area contributed by atoms with E-state index in [1.165, 1.54) is 36.4 Å². The Morgan fingerprint density at radius 2 is 1.44 bits per heavy atom. The number of hydrogen-bond acceptors (Lipinski definition) is 5. The fourth-order valence-electron chi connectivity index (χ4n) is 3.00. The Hall–Kier alpha value is -3.17. The average Bonchev–Trinajstić information content (AvgIpc) is 2.77. The Balaban J connectivity index is 1.63. The quantitative estimate of drug-likeness (QED) is 0.523. The number of rotatable bonds is 8. The first kappa shape index (κ1) is 23.5. The number of sulfonamides is 1. The van der Waals surface area contributed by atoms with E-state index in [9.17, 15) is 21.6 Å². The third-order valence-corrected chi connectivity index (χ3v) is 8.15. The van der Waals surface area contributed by atoms with Crippen molar-refractivity contribution in [1.29, 1.82) is 0 Å². The predicted octanol–water partition coefficient (Wildman–Crippen LogP) is 3.31. The maximum atomic E-state index is 12.7. The molecule has 32 heavy (non-hydrogen) atoms. The molecule has 1 amide bonds. The van der Waals surface area contributed by atoms with Gasteiger partial charge in [0.1, 0.15) is 0 Å². The van der Waals surface area contributed by atoms with Crippen LogP contribution in [-0.4, -0.2) is 35.0 Å². The summed E-state index contributed by atoms with van der Waals surface area (Å²) < 4.78 is 52.5. The smallest absolute Gasteiger partial charge is 0.261 e. The second-order valence-corrected chi connectivity index (χ2v) is 11.1. The number of carbonyl (C=O) groups is 1. The summed E-state index contributed by atoms with van der Waals surface area (Å²) in [5.74, 6) is -0.727. The van der Waals surface area contributed by atoms with Crippen molar-refractivity contribution in [3.05, 3.63) is 89.5 Å². The third-order valence-electron chi connectivity index (χ3n) is 5.03. The van der Waals surface area contributed by atoms with Gasteiger partial charge in [-0.2, -0.15) is 0 Å². The van der Waals surface area contributed by atoms with Gasteiger partial charge in [-0.1, -0.05) is 30.3 Å². The van der Waals surface area contributed by atoms with Crippen LogP contribution in [0.4, 0.5) is 5.69 Å². The van der Waals surface area contributed by atoms with Gasteiger partial charge in [-0.15, -0.1) is 0 Å². The molecule has 0 radical (unpaired) electrons. The van der Waals surface area contributed by atoms with Gasteiger partial charge < -0.3 is 5.32 Å². The van der Waals surface area contributed by atoms with E-state index in [0.717, 1.165) is 11.1 Å². The molecule has 0 heterocycles. The van der Waals surface area contributed by atoms with Crippen molar-refractivity contribution in [2.75, 3.05) is 17.0 Å². The van der Waals surface area contributed by atoms with Gasteiger partial charge in [-0.25, -0.2) is 16.8 Å². The van der Waals surface area contributed by atoms with E-state index in [1.807, 2.05) is 19.9 Å². The van der Waals surface area contributed by atoms with Gasteiger partial charge in [-0.3, -0.25) is 9.52 Å². The van der Waals surface area contributed by atoms with E-state index in [1.54, 1.807) is 30.3 Å². The highest BCUT2D eigenvalue weighted by molar-refractivity contribution is 7.92. The Bertz CT molecular complexity index is 1320. The zero-order valence-corrected chi connectivity index (χ0v) is 19.3. The summed E-state index contributed by atoms with van der Waals surface area (Å²) in [6.07, 6.45) is 0. The van der Waals surface area contributed by atoms with Crippen molar-refractivity contribution >= 4 is 31.5 Å². The Morgan fingerprint density at radius 1 is 0.781 bits per heavy atom. The van der Waals surface area contributed by atoms with Crippen LogP contribution in [0.1, 0.15) is 21.5 Å². The molecule has 3 rings (SSSR count). The van der Waals surface area contributed by atoms with Crippen LogP contribution in [-0.2, 0) is 19.9 Å². The number of nitrogens with one attached hydrogen (secondary N) is 2. The largest absolute Gasteiger partial charge is 0.351 e. The molecule has 0 aliphatic rings. The summed E-state index contributed by atoms with van der Waals surface area (Å²) in [4.78, 5) is 12.5. The minimum atomic E-state index is -3.82. The SMILES string of the molecule is Cc1cccc(NS(=O)(=O)c2ccc(C(=O)NCCS(=O)(=O)c3ccccc3)cc2)c1C. The molecule has 0 saturated carbocycles. The molecular weight excluding hydrogens is 448 g/mol. The van der Waals surface area contributed by atoms with Crippen LogP contribution in [0.25, 0.3) is 0 Å². The monoisotopic (exact) mass is 472 g/mol. The van der Waals surface area contributed by atoms with Gasteiger partial charge in [0.05, 0.1) is 21.2 Å². The van der Waals surface area contributed by atoms with Gasteiger partial charge in [0.25, 0.3) is 15.9 Å². The first-order chi connectivity index (χ1) is 15.1. The molecule has 0 fully saturated rings. The van der Waals surface area contributed by atoms with Gasteiger partial charge >= 0.3 is 0 Å². The molecule has 0 saturated heterocycles. The summed E-state index contributed by atoms with van der Waals surface area (Å²) in [5, 5.41) is 2.55. The molecule has 0 bridgehead atoms. The van der Waals surface area contributed by atoms with Gasteiger partial charge in [0.2, 0.25) is 0 Å². The predicted molar refractivity (Wildman–Crippen MR) is 124 cm³/mol. The van der Waals surface area contributed by atoms with Gasteiger partial charge in [-0.05, 0) is 67.4 Å². The van der Waals surface area contributed by atoms with E-state index in [0.29, 0.717) is 5.69 Å². The van der Waals surface area contributed by atoms with Crippen LogP contribution in [0.15, 0.2) is 82.6 Å². The van der Waals surface area contributed by atoms with Crippen LogP contribution >= 0.6 is 0 Å². The van der Waals surface area contributed by atoms with Gasteiger partial charge in [0, 0.05) is 12.1 Å². The number of amides is 1. The summed E-state index contributed by atoms with van der Waals surface area (Å²) in [7, 11) is -7.33. The third kappa shape index (κ3) is 5.54. The zero-order chi connectivity index (χ0) is 23.4. The molecule has 0 spiro atoms. The molecule has 168 valence electrons. The number of hydrogen-bond donors (Lipinski definition) is 2. The van der Waals surface area contributed by atoms with Crippen molar-refractivity contribution < 1.29 is 21.6 Å². The molecule has 0 unspecified atom stereocenters. The molecule has 0 aliphatic heterocycles. The van der Waals surface area contributed by atoms with Crippen molar-refractivity contribution in [1.82, 2.24) is 5.32 Å². The topological polar surface area (TPSA) is 109 Å². The van der Waals surface area contributed by atoms with Crippen molar-refractivity contribution in [3.63, 3.8) is 0 Å². The van der Waals surface area contributed by atoms with E-state index in [4.69, 9.17) is 0 Å². The van der Waals surface area contributed by atoms with E-state index in [2.05, 4.69) is 10.0 Å². The Kier molecular flexibility index (Phi) is 7.00. The average molecular weight is 473 g/mol. The zero-order valence-electron chi connectivity index (χ0n) is 17.7. The lowest BCUT2D eigenvalue weighted by Gasteiger charge is -2.12. The van der Waals surface area contributed by atoms with Crippen molar-refractivity contribution in [2.24, 2.45) is 0 Å². The normalized spacial score (nSPS) is 11.7. The minimum absolute atomic E-state index is 0.0154. The van der Waals surface area contributed by atoms with Crippen LogP contribution < -0.4 is 10.0 Å². The van der Waals surface area contributed by atoms with Crippen molar-refractivity contribution in [3.8, 4) is 0 Å². The van der Waals surface area contributed by atoms with Gasteiger partial charge in [0.15, 0.2) is 9.84 Å². The first-order valence-electron chi connectivity index (χ1n) is 9.85. The number of anilines is 1. The molecule has 0 aliphatic carbocycles. The van der Waals surface area contributed by atoms with Crippen LogP contribution in [0.3, 0.4) is 0 Å². The van der Waals surface area contributed by atoms with Crippen LogP contribution in [0, 0.1) is 13.8 Å². The van der Waals surface area contributed by atoms with Crippen LogP contribution in [0.2, 0.25) is 0 Å². The number of benzene rings is 3. The molecule has 0 atom stereocenters. The first-order valence-corrected chi connectivity index (χ1v) is 13.0. The molecular formula is C23H24N2O5S2. The summed E-state index contributed by atoms with van der Waals surface area (Å²) in [6.45, 7) is 3.66. The lowest BCUT2D eigenvalue weighted by molar-refractivity contribution is 0.0956. The van der Waals surface area contributed by atoms with Crippen LogP contribution in [0.5, 0.6) is 0 Å². The second kappa shape index (κ2) is 9.54. The summed E-state index contributed by atoms with van der Waals surface area (Å²) >= 11 is 0. The number of carbonyl (C=O) groups excluding carboxylic acids is 1. The van der Waals surface area contributed by atoms with E-state index in [-0.39, 0.29) is 27.7 Å². The van der Waals surface area contributed by atoms with Crippen molar-refractivity contribution in [2.45, 2.75) is 23.6 Å². The highest BCUT2D eigenvalue weighted by Crippen LogP contribution is 2.22. The highest BCUT2D eigenvalue weighted by Gasteiger charge is 2.18. The maximum absolute atomic E-state index is 12.7. The Labute approximate surface area is 188 Å². The number of aryl methyl sites for hydroxylation is 1. The lowest BCUT2D eigenvalue weighted by Crippen LogP contribution is -2.29. The lowest BCUT2D eigenvalue weighted by atomic mass is 10.1. The molecule has 3 aromatic carbocycles. The number of sulfone groups is 1. The highest BCUT2D eigenvalue weighted by atomic mass is 32.2. The molecule has 7 nitrogen and oxygen atoms in total. The molecule has 2 N–H and O–H groups in total. The Morgan fingerprint density at radius 3 is 2.09 bits per heavy atom. The molecule has 9 heteroatoms. The second-order valence-electron chi connectivity index (χ2n) is 7.27. The fourth-order valence-corrected chi connectivity index (χ4v) is 5.30. The summed E-state index contributed by atoms with van der Waals surface area (Å²) in [5.41, 5.74) is 2.52. The summed E-state index contributed by atoms with van der Waals surface area (Å²) in [6, 6.07) is 18.8. The van der Waals surface area contributed by atoms with E-state index < -0.39 is 25.8 Å². The standard InChI is InChI=1S/C23H24N2O5S2/c1-17-7-6-10-22(18(17)2)25-32(29,30)21-13-11-19(12-14-21)23(26)24-15-16-31(27,28)20-8-4-3-5-9-20/h3-14,25H,15-16H2,1-2H3,(H,24,26). The minimum Gasteiger partial charge on any atom is -0.351 e. The fraction of sp³-hybridized carbons (Fsp3) is 0.174. The molecule has 0 aromatic heterocycles. The maximum Gasteiger partial charge on any atom is 0.261 e.